The zero-order valence-corrected chi connectivity index (χ0v) is 13.9. The molecule has 110 valence electrons. The molecule has 1 fully saturated rings. The van der Waals surface area contributed by atoms with Crippen LogP contribution in [0.1, 0.15) is 30.5 Å². The first kappa shape index (κ1) is 19.0. The molecule has 5 heteroatoms. The van der Waals surface area contributed by atoms with Crippen molar-refractivity contribution in [3.63, 3.8) is 0 Å². The Bertz CT molecular complexity index is 359. The standard InChI is InChI=1S/C14H21ClN2.2ClH/c1-3-13(17-9-7-16-8-10-17)14-11(2)5-4-6-12(14)15;;/h4-6,13,16H,3,7-10H2,1-2H3;2*1H/t13-;;/m1../s1. The van der Waals surface area contributed by atoms with Crippen LogP contribution in [0.3, 0.4) is 0 Å². The Hall–Kier alpha value is 0.01000. The highest BCUT2D eigenvalue weighted by atomic mass is 35.5. The van der Waals surface area contributed by atoms with Crippen LogP contribution in [0.25, 0.3) is 0 Å². The maximum atomic E-state index is 6.38. The molecular formula is C14H23Cl3N2. The predicted octanol–water partition coefficient (Wildman–Crippen LogP) is 3.85. The lowest BCUT2D eigenvalue weighted by Gasteiger charge is -2.35. The first-order chi connectivity index (χ1) is 8.24. The Labute approximate surface area is 133 Å². The van der Waals surface area contributed by atoms with Gasteiger partial charge in [-0.25, -0.2) is 0 Å². The second-order valence-electron chi connectivity index (χ2n) is 4.68. The number of aryl methyl sites for hydroxylation is 1. The molecule has 1 heterocycles. The maximum Gasteiger partial charge on any atom is 0.0456 e. The smallest absolute Gasteiger partial charge is 0.0456 e. The van der Waals surface area contributed by atoms with Crippen LogP contribution in [-0.4, -0.2) is 31.1 Å². The molecule has 1 N–H and O–H groups in total. The van der Waals surface area contributed by atoms with Crippen molar-refractivity contribution in [3.8, 4) is 0 Å². The third kappa shape index (κ3) is 4.51. The monoisotopic (exact) mass is 324 g/mol. The quantitative estimate of drug-likeness (QED) is 0.908. The van der Waals surface area contributed by atoms with Gasteiger partial charge in [0.15, 0.2) is 0 Å². The molecule has 0 aromatic heterocycles. The Morgan fingerprint density at radius 1 is 1.26 bits per heavy atom. The normalized spacial score (nSPS) is 17.2. The molecule has 0 bridgehead atoms. The fraction of sp³-hybridized carbons (Fsp3) is 0.571. The van der Waals surface area contributed by atoms with Crippen molar-refractivity contribution in [3.05, 3.63) is 34.3 Å². The predicted molar refractivity (Wildman–Crippen MR) is 88.2 cm³/mol. The van der Waals surface area contributed by atoms with Crippen molar-refractivity contribution >= 4 is 36.4 Å². The van der Waals surface area contributed by atoms with Gasteiger partial charge < -0.3 is 5.32 Å². The van der Waals surface area contributed by atoms with E-state index in [2.05, 4.69) is 30.1 Å². The number of nitrogens with zero attached hydrogens (tertiary/aromatic N) is 1. The highest BCUT2D eigenvalue weighted by Gasteiger charge is 2.23. The zero-order valence-electron chi connectivity index (χ0n) is 11.5. The molecule has 1 aliphatic heterocycles. The van der Waals surface area contributed by atoms with Crippen LogP contribution in [0.15, 0.2) is 18.2 Å². The van der Waals surface area contributed by atoms with Crippen molar-refractivity contribution in [2.45, 2.75) is 26.3 Å². The molecule has 1 aromatic carbocycles. The molecule has 2 rings (SSSR count). The summed E-state index contributed by atoms with van der Waals surface area (Å²) in [5, 5.41) is 4.31. The summed E-state index contributed by atoms with van der Waals surface area (Å²) in [7, 11) is 0. The van der Waals surface area contributed by atoms with Crippen LogP contribution in [0.5, 0.6) is 0 Å². The lowest BCUT2D eigenvalue weighted by Crippen LogP contribution is -2.45. The molecule has 0 spiro atoms. The summed E-state index contributed by atoms with van der Waals surface area (Å²) in [6.45, 7) is 8.80. The van der Waals surface area contributed by atoms with E-state index in [1.165, 1.54) is 11.1 Å². The first-order valence-electron chi connectivity index (χ1n) is 6.43. The lowest BCUT2D eigenvalue weighted by atomic mass is 9.97. The molecule has 0 radical (unpaired) electrons. The van der Waals surface area contributed by atoms with Gasteiger partial charge in [0.25, 0.3) is 0 Å². The average molecular weight is 326 g/mol. The van der Waals surface area contributed by atoms with Crippen molar-refractivity contribution in [1.82, 2.24) is 10.2 Å². The Kier molecular flexibility index (Phi) is 9.04. The average Bonchev–Trinajstić information content (AvgIpc) is 2.35. The number of halogens is 3. The molecule has 1 atom stereocenters. The van der Waals surface area contributed by atoms with Gasteiger partial charge in [0.05, 0.1) is 0 Å². The van der Waals surface area contributed by atoms with Crippen LogP contribution >= 0.6 is 36.4 Å². The third-order valence-corrected chi connectivity index (χ3v) is 3.91. The number of benzene rings is 1. The van der Waals surface area contributed by atoms with Crippen LogP contribution in [0, 0.1) is 6.92 Å². The summed E-state index contributed by atoms with van der Waals surface area (Å²) < 4.78 is 0. The summed E-state index contributed by atoms with van der Waals surface area (Å²) in [6.07, 6.45) is 1.12. The molecule has 19 heavy (non-hydrogen) atoms. The molecule has 1 saturated heterocycles. The van der Waals surface area contributed by atoms with E-state index in [1.54, 1.807) is 0 Å². The van der Waals surface area contributed by atoms with Gasteiger partial charge in [-0.05, 0) is 30.5 Å². The van der Waals surface area contributed by atoms with E-state index in [0.717, 1.165) is 37.6 Å². The van der Waals surface area contributed by atoms with Crippen molar-refractivity contribution < 1.29 is 0 Å². The number of rotatable bonds is 3. The van der Waals surface area contributed by atoms with Crippen molar-refractivity contribution in [2.24, 2.45) is 0 Å². The minimum absolute atomic E-state index is 0. The van der Waals surface area contributed by atoms with Crippen LogP contribution in [0.2, 0.25) is 5.02 Å². The van der Waals surface area contributed by atoms with Gasteiger partial charge >= 0.3 is 0 Å². The third-order valence-electron chi connectivity index (χ3n) is 3.58. The van der Waals surface area contributed by atoms with Gasteiger partial charge in [0.1, 0.15) is 0 Å². The SMILES string of the molecule is CC[C@H](c1c(C)cccc1Cl)N1CCNCC1.Cl.Cl. The van der Waals surface area contributed by atoms with E-state index in [9.17, 15) is 0 Å². The maximum absolute atomic E-state index is 6.38. The molecule has 1 aliphatic rings. The van der Waals surface area contributed by atoms with Gasteiger partial charge in [0, 0.05) is 37.2 Å². The fourth-order valence-electron chi connectivity index (χ4n) is 2.71. The van der Waals surface area contributed by atoms with E-state index in [0.29, 0.717) is 6.04 Å². The summed E-state index contributed by atoms with van der Waals surface area (Å²) in [6, 6.07) is 6.66. The van der Waals surface area contributed by atoms with Gasteiger partial charge in [-0.3, -0.25) is 4.90 Å². The second-order valence-corrected chi connectivity index (χ2v) is 5.09. The lowest BCUT2D eigenvalue weighted by molar-refractivity contribution is 0.169. The molecule has 0 amide bonds. The van der Waals surface area contributed by atoms with Crippen LogP contribution < -0.4 is 5.32 Å². The van der Waals surface area contributed by atoms with E-state index >= 15 is 0 Å². The van der Waals surface area contributed by atoms with E-state index in [4.69, 9.17) is 11.6 Å². The molecule has 0 aliphatic carbocycles. The van der Waals surface area contributed by atoms with Crippen LogP contribution in [0.4, 0.5) is 0 Å². The second kappa shape index (κ2) is 9.04. The number of hydrogen-bond donors (Lipinski definition) is 1. The van der Waals surface area contributed by atoms with Gasteiger partial charge in [-0.1, -0.05) is 30.7 Å². The highest BCUT2D eigenvalue weighted by Crippen LogP contribution is 2.32. The Morgan fingerprint density at radius 3 is 2.42 bits per heavy atom. The Balaban J connectivity index is 0.00000162. The van der Waals surface area contributed by atoms with E-state index in [-0.39, 0.29) is 24.8 Å². The van der Waals surface area contributed by atoms with Crippen molar-refractivity contribution in [2.75, 3.05) is 26.2 Å². The van der Waals surface area contributed by atoms with E-state index < -0.39 is 0 Å². The topological polar surface area (TPSA) is 15.3 Å². The summed E-state index contributed by atoms with van der Waals surface area (Å²) in [5.74, 6) is 0. The molecule has 0 saturated carbocycles. The number of hydrogen-bond acceptors (Lipinski definition) is 2. The molecule has 1 aromatic rings. The summed E-state index contributed by atoms with van der Waals surface area (Å²) >= 11 is 6.38. The number of nitrogens with one attached hydrogen (secondary N) is 1. The minimum Gasteiger partial charge on any atom is -0.314 e. The summed E-state index contributed by atoms with van der Waals surface area (Å²) in [5.41, 5.74) is 2.63. The minimum atomic E-state index is 0. The number of piperazine rings is 1. The summed E-state index contributed by atoms with van der Waals surface area (Å²) in [4.78, 5) is 2.55. The highest BCUT2D eigenvalue weighted by molar-refractivity contribution is 6.31. The van der Waals surface area contributed by atoms with Crippen LogP contribution in [-0.2, 0) is 0 Å². The fourth-order valence-corrected chi connectivity index (χ4v) is 3.05. The van der Waals surface area contributed by atoms with Gasteiger partial charge in [-0.2, -0.15) is 0 Å². The first-order valence-corrected chi connectivity index (χ1v) is 6.81. The molecular weight excluding hydrogens is 303 g/mol. The molecule has 0 unspecified atom stereocenters. The largest absolute Gasteiger partial charge is 0.314 e. The van der Waals surface area contributed by atoms with Crippen molar-refractivity contribution in [1.29, 1.82) is 0 Å². The van der Waals surface area contributed by atoms with E-state index in [1.807, 2.05) is 12.1 Å². The zero-order chi connectivity index (χ0) is 12.3. The molecule has 2 nitrogen and oxygen atoms in total. The Morgan fingerprint density at radius 2 is 1.89 bits per heavy atom. The van der Waals surface area contributed by atoms with Gasteiger partial charge in [0.2, 0.25) is 0 Å². The van der Waals surface area contributed by atoms with Gasteiger partial charge in [-0.15, -0.1) is 24.8 Å².